The van der Waals surface area contributed by atoms with Gasteiger partial charge in [0.2, 0.25) is 0 Å². The Kier molecular flexibility index (Phi) is 2.72. The first-order valence-corrected chi connectivity index (χ1v) is 6.00. The molecule has 2 aromatic heterocycles. The summed E-state index contributed by atoms with van der Waals surface area (Å²) in [5.74, 6) is -0.974. The fourth-order valence-corrected chi connectivity index (χ4v) is 2.20. The number of carboxylic acid groups (broad SMARTS) is 1. The summed E-state index contributed by atoms with van der Waals surface area (Å²) in [6, 6.07) is 10.4. The number of H-pyrrole nitrogens is 1. The Morgan fingerprint density at radius 3 is 2.84 bits per heavy atom. The van der Waals surface area contributed by atoms with Gasteiger partial charge >= 0.3 is 5.97 Å². The van der Waals surface area contributed by atoms with E-state index < -0.39 is 5.97 Å². The van der Waals surface area contributed by atoms with Crippen LogP contribution in [-0.4, -0.2) is 21.0 Å². The van der Waals surface area contributed by atoms with E-state index >= 15 is 0 Å². The Morgan fingerprint density at radius 1 is 1.26 bits per heavy atom. The molecule has 3 rings (SSSR count). The predicted octanol–water partition coefficient (Wildman–Crippen LogP) is 3.58. The van der Waals surface area contributed by atoms with Gasteiger partial charge in [-0.05, 0) is 30.3 Å². The zero-order chi connectivity index (χ0) is 13.4. The Hall–Kier alpha value is -2.33. The lowest BCUT2D eigenvalue weighted by Crippen LogP contribution is -1.97. The number of nitrogens with one attached hydrogen (secondary N) is 1. The molecule has 0 spiro atoms. The van der Waals surface area contributed by atoms with E-state index in [-0.39, 0.29) is 5.56 Å². The molecule has 0 bridgehead atoms. The quantitative estimate of drug-likeness (QED) is 0.749. The van der Waals surface area contributed by atoms with Crippen LogP contribution in [0.5, 0.6) is 0 Å². The maximum Gasteiger partial charge on any atom is 0.335 e. The number of hydrogen-bond acceptors (Lipinski definition) is 2. The van der Waals surface area contributed by atoms with E-state index in [1.54, 1.807) is 0 Å². The Balaban J connectivity index is 2.16. The highest BCUT2D eigenvalue weighted by Crippen LogP contribution is 2.28. The highest BCUT2D eigenvalue weighted by molar-refractivity contribution is 6.35. The minimum atomic E-state index is -0.974. The van der Waals surface area contributed by atoms with Crippen molar-refractivity contribution < 1.29 is 9.90 Å². The van der Waals surface area contributed by atoms with Crippen molar-refractivity contribution in [3.05, 3.63) is 53.2 Å². The molecule has 2 heterocycles. The largest absolute Gasteiger partial charge is 0.478 e. The third kappa shape index (κ3) is 2.06. The minimum Gasteiger partial charge on any atom is -0.478 e. The normalized spacial score (nSPS) is 10.8. The average molecular weight is 273 g/mol. The van der Waals surface area contributed by atoms with Gasteiger partial charge < -0.3 is 10.1 Å². The van der Waals surface area contributed by atoms with Crippen molar-refractivity contribution in [1.29, 1.82) is 0 Å². The molecule has 0 saturated carbocycles. The van der Waals surface area contributed by atoms with E-state index in [9.17, 15) is 4.79 Å². The Morgan fingerprint density at radius 2 is 2.11 bits per heavy atom. The molecule has 3 aromatic rings. The second-order valence-electron chi connectivity index (χ2n) is 4.12. The molecule has 0 atom stereocenters. The zero-order valence-corrected chi connectivity index (χ0v) is 10.5. The molecule has 0 fully saturated rings. The molecule has 1 aromatic carbocycles. The standard InChI is InChI=1S/C14H9ClN2O2/c15-10-2-1-3-11-9(10)7-13(17-11)12-6-8(14(18)19)4-5-16-12/h1-7,17H,(H,18,19). The average Bonchev–Trinajstić information content (AvgIpc) is 2.84. The van der Waals surface area contributed by atoms with Crippen LogP contribution in [0.2, 0.25) is 5.02 Å². The lowest BCUT2D eigenvalue weighted by molar-refractivity contribution is 0.0697. The number of aromatic carboxylic acids is 1. The number of hydrogen-bond donors (Lipinski definition) is 2. The van der Waals surface area contributed by atoms with Crippen LogP contribution in [0.25, 0.3) is 22.3 Å². The molecule has 4 nitrogen and oxygen atoms in total. The predicted molar refractivity (Wildman–Crippen MR) is 73.5 cm³/mol. The molecule has 0 aliphatic heterocycles. The molecule has 5 heteroatoms. The summed E-state index contributed by atoms with van der Waals surface area (Å²) in [6.45, 7) is 0. The lowest BCUT2D eigenvalue weighted by atomic mass is 10.2. The molecule has 0 saturated heterocycles. The summed E-state index contributed by atoms with van der Waals surface area (Å²) in [4.78, 5) is 18.3. The fraction of sp³-hybridized carbons (Fsp3) is 0. The molecule has 0 amide bonds. The number of fused-ring (bicyclic) bond motifs is 1. The molecular formula is C14H9ClN2O2. The minimum absolute atomic E-state index is 0.203. The van der Waals surface area contributed by atoms with Gasteiger partial charge in [-0.2, -0.15) is 0 Å². The van der Waals surface area contributed by atoms with Gasteiger partial charge in [0.25, 0.3) is 0 Å². The summed E-state index contributed by atoms with van der Waals surface area (Å²) in [7, 11) is 0. The van der Waals surface area contributed by atoms with Crippen LogP contribution in [0.1, 0.15) is 10.4 Å². The second-order valence-corrected chi connectivity index (χ2v) is 4.53. The molecule has 2 N–H and O–H groups in total. The highest BCUT2D eigenvalue weighted by Gasteiger charge is 2.09. The third-order valence-corrected chi connectivity index (χ3v) is 3.22. The molecule has 0 aliphatic carbocycles. The molecule has 19 heavy (non-hydrogen) atoms. The maximum atomic E-state index is 11.0. The number of halogens is 1. The van der Waals surface area contributed by atoms with E-state index in [0.29, 0.717) is 10.7 Å². The monoisotopic (exact) mass is 272 g/mol. The summed E-state index contributed by atoms with van der Waals surface area (Å²) in [5, 5.41) is 10.5. The van der Waals surface area contributed by atoms with Gasteiger partial charge in [0.05, 0.1) is 17.0 Å². The number of pyridine rings is 1. The molecule has 0 aliphatic rings. The van der Waals surface area contributed by atoms with Crippen LogP contribution in [-0.2, 0) is 0 Å². The number of benzene rings is 1. The van der Waals surface area contributed by atoms with Crippen molar-refractivity contribution in [1.82, 2.24) is 9.97 Å². The molecule has 94 valence electrons. The number of carboxylic acids is 1. The van der Waals surface area contributed by atoms with Gasteiger partial charge in [0.15, 0.2) is 0 Å². The van der Waals surface area contributed by atoms with Crippen molar-refractivity contribution >= 4 is 28.5 Å². The summed E-state index contributed by atoms with van der Waals surface area (Å²) in [6.07, 6.45) is 1.48. The number of aromatic nitrogens is 2. The van der Waals surface area contributed by atoms with Crippen LogP contribution in [0.3, 0.4) is 0 Å². The molecule has 0 unspecified atom stereocenters. The van der Waals surface area contributed by atoms with E-state index in [1.807, 2.05) is 24.3 Å². The maximum absolute atomic E-state index is 11.0. The third-order valence-electron chi connectivity index (χ3n) is 2.89. The number of rotatable bonds is 2. The van der Waals surface area contributed by atoms with Gasteiger partial charge in [-0.3, -0.25) is 4.98 Å². The molecule has 0 radical (unpaired) electrons. The second kappa shape index (κ2) is 4.40. The fourth-order valence-electron chi connectivity index (χ4n) is 1.97. The summed E-state index contributed by atoms with van der Waals surface area (Å²) >= 11 is 6.11. The van der Waals surface area contributed by atoms with E-state index in [4.69, 9.17) is 16.7 Å². The van der Waals surface area contributed by atoms with Crippen molar-refractivity contribution in [3.8, 4) is 11.4 Å². The van der Waals surface area contributed by atoms with Gasteiger partial charge in [-0.15, -0.1) is 0 Å². The SMILES string of the molecule is O=C(O)c1ccnc(-c2cc3c(Cl)cccc3[nH]2)c1. The first kappa shape index (κ1) is 11.7. The topological polar surface area (TPSA) is 66.0 Å². The van der Waals surface area contributed by atoms with Gasteiger partial charge in [-0.25, -0.2) is 4.79 Å². The smallest absolute Gasteiger partial charge is 0.335 e. The molecular weight excluding hydrogens is 264 g/mol. The van der Waals surface area contributed by atoms with Crippen molar-refractivity contribution in [2.24, 2.45) is 0 Å². The number of nitrogens with zero attached hydrogens (tertiary/aromatic N) is 1. The van der Waals surface area contributed by atoms with Crippen LogP contribution in [0.15, 0.2) is 42.6 Å². The Labute approximate surface area is 113 Å². The van der Waals surface area contributed by atoms with Crippen molar-refractivity contribution in [2.75, 3.05) is 0 Å². The number of aromatic amines is 1. The summed E-state index contributed by atoms with van der Waals surface area (Å²) in [5.41, 5.74) is 2.41. The van der Waals surface area contributed by atoms with Gasteiger partial charge in [0.1, 0.15) is 0 Å². The first-order valence-electron chi connectivity index (χ1n) is 5.62. The van der Waals surface area contributed by atoms with Gasteiger partial charge in [0, 0.05) is 22.1 Å². The summed E-state index contributed by atoms with van der Waals surface area (Å²) < 4.78 is 0. The lowest BCUT2D eigenvalue weighted by Gasteiger charge is -1.98. The van der Waals surface area contributed by atoms with Gasteiger partial charge in [-0.1, -0.05) is 17.7 Å². The van der Waals surface area contributed by atoms with Crippen molar-refractivity contribution in [2.45, 2.75) is 0 Å². The van der Waals surface area contributed by atoms with E-state index in [2.05, 4.69) is 9.97 Å². The Bertz CT molecular complexity index is 780. The first-order chi connectivity index (χ1) is 9.15. The number of carbonyl (C=O) groups is 1. The van der Waals surface area contributed by atoms with E-state index in [0.717, 1.165) is 16.6 Å². The van der Waals surface area contributed by atoms with Crippen LogP contribution >= 0.6 is 11.6 Å². The van der Waals surface area contributed by atoms with E-state index in [1.165, 1.54) is 18.3 Å². The van der Waals surface area contributed by atoms with Crippen LogP contribution < -0.4 is 0 Å². The highest BCUT2D eigenvalue weighted by atomic mass is 35.5. The van der Waals surface area contributed by atoms with Crippen LogP contribution in [0.4, 0.5) is 0 Å². The zero-order valence-electron chi connectivity index (χ0n) is 9.72. The van der Waals surface area contributed by atoms with Crippen LogP contribution in [0, 0.1) is 0 Å². The van der Waals surface area contributed by atoms with Crippen molar-refractivity contribution in [3.63, 3.8) is 0 Å².